The maximum atomic E-state index is 13.5. The lowest BCUT2D eigenvalue weighted by molar-refractivity contribution is 0.401. The van der Waals surface area contributed by atoms with Crippen LogP contribution in [-0.2, 0) is 6.54 Å². The highest BCUT2D eigenvalue weighted by Gasteiger charge is 2.21. The second-order valence-electron chi connectivity index (χ2n) is 6.01. The first-order valence-corrected chi connectivity index (χ1v) is 7.44. The molecule has 0 aliphatic heterocycles. The summed E-state index contributed by atoms with van der Waals surface area (Å²) >= 11 is 0. The van der Waals surface area contributed by atoms with Crippen molar-refractivity contribution in [1.82, 2.24) is 10.2 Å². The van der Waals surface area contributed by atoms with Gasteiger partial charge in [0.05, 0.1) is 0 Å². The maximum Gasteiger partial charge on any atom is 0.123 e. The van der Waals surface area contributed by atoms with Crippen molar-refractivity contribution in [2.75, 3.05) is 39.1 Å². The van der Waals surface area contributed by atoms with Crippen LogP contribution in [0.25, 0.3) is 0 Å². The summed E-state index contributed by atoms with van der Waals surface area (Å²) in [5, 5.41) is 3.47. The highest BCUT2D eigenvalue weighted by atomic mass is 19.1. The van der Waals surface area contributed by atoms with Gasteiger partial charge in [-0.2, -0.15) is 0 Å². The van der Waals surface area contributed by atoms with Gasteiger partial charge in [0.2, 0.25) is 0 Å². The van der Waals surface area contributed by atoms with Gasteiger partial charge in [0, 0.05) is 31.9 Å². The number of nitrogens with zero attached hydrogens (tertiary/aromatic N) is 2. The van der Waals surface area contributed by atoms with Crippen LogP contribution in [0.1, 0.15) is 24.8 Å². The third-order valence-corrected chi connectivity index (χ3v) is 3.71. The summed E-state index contributed by atoms with van der Waals surface area (Å²) in [7, 11) is 6.26. The van der Waals surface area contributed by atoms with Crippen molar-refractivity contribution in [3.05, 3.63) is 29.6 Å². The number of rotatable bonds is 8. The van der Waals surface area contributed by atoms with Gasteiger partial charge in [-0.25, -0.2) is 4.39 Å². The van der Waals surface area contributed by atoms with E-state index in [1.165, 1.54) is 12.8 Å². The van der Waals surface area contributed by atoms with Crippen molar-refractivity contribution in [1.29, 1.82) is 0 Å². The number of hydrogen-bond acceptors (Lipinski definition) is 3. The third kappa shape index (κ3) is 4.76. The molecule has 0 radical (unpaired) electrons. The van der Waals surface area contributed by atoms with Gasteiger partial charge in [-0.1, -0.05) is 0 Å². The molecule has 0 spiro atoms. The highest BCUT2D eigenvalue weighted by molar-refractivity contribution is 5.53. The molecule has 3 nitrogen and oxygen atoms in total. The van der Waals surface area contributed by atoms with Gasteiger partial charge in [-0.15, -0.1) is 0 Å². The van der Waals surface area contributed by atoms with Gasteiger partial charge in [-0.3, -0.25) is 0 Å². The van der Waals surface area contributed by atoms with E-state index in [-0.39, 0.29) is 5.82 Å². The van der Waals surface area contributed by atoms with Crippen LogP contribution in [0, 0.1) is 5.82 Å². The minimum atomic E-state index is -0.150. The number of benzene rings is 1. The Kier molecular flexibility index (Phi) is 5.38. The predicted octanol–water partition coefficient (Wildman–Crippen LogP) is 2.47. The second kappa shape index (κ2) is 7.04. The van der Waals surface area contributed by atoms with E-state index < -0.39 is 0 Å². The largest absolute Gasteiger partial charge is 0.374 e. The van der Waals surface area contributed by atoms with Crippen molar-refractivity contribution in [3.63, 3.8) is 0 Å². The zero-order valence-electron chi connectivity index (χ0n) is 12.8. The molecule has 1 aromatic carbocycles. The molecule has 4 heteroatoms. The van der Waals surface area contributed by atoms with Gasteiger partial charge < -0.3 is 15.1 Å². The number of anilines is 1. The number of nitrogens with one attached hydrogen (secondary N) is 1. The summed E-state index contributed by atoms with van der Waals surface area (Å²) in [6.45, 7) is 2.82. The Morgan fingerprint density at radius 2 is 1.95 bits per heavy atom. The first kappa shape index (κ1) is 15.3. The molecule has 0 saturated heterocycles. The van der Waals surface area contributed by atoms with Gasteiger partial charge in [0.25, 0.3) is 0 Å². The van der Waals surface area contributed by atoms with E-state index in [1.54, 1.807) is 12.1 Å². The molecule has 1 fully saturated rings. The molecule has 0 atom stereocenters. The van der Waals surface area contributed by atoms with Crippen molar-refractivity contribution >= 4 is 5.69 Å². The normalized spacial score (nSPS) is 14.8. The predicted molar refractivity (Wildman–Crippen MR) is 82.7 cm³/mol. The summed E-state index contributed by atoms with van der Waals surface area (Å²) in [6.07, 6.45) is 3.61. The molecular weight excluding hydrogens is 253 g/mol. The Morgan fingerprint density at radius 3 is 2.60 bits per heavy atom. The topological polar surface area (TPSA) is 18.5 Å². The monoisotopic (exact) mass is 279 g/mol. The van der Waals surface area contributed by atoms with Crippen LogP contribution in [-0.4, -0.2) is 45.2 Å². The van der Waals surface area contributed by atoms with Crippen molar-refractivity contribution < 1.29 is 4.39 Å². The number of hydrogen-bond donors (Lipinski definition) is 1. The molecule has 0 unspecified atom stereocenters. The van der Waals surface area contributed by atoms with Gasteiger partial charge in [0.1, 0.15) is 5.82 Å². The van der Waals surface area contributed by atoms with E-state index in [0.717, 1.165) is 37.3 Å². The molecule has 1 saturated carbocycles. The average Bonchev–Trinajstić information content (AvgIpc) is 3.19. The van der Waals surface area contributed by atoms with Crippen LogP contribution < -0.4 is 10.2 Å². The molecule has 1 aliphatic rings. The number of halogens is 1. The minimum Gasteiger partial charge on any atom is -0.374 e. The van der Waals surface area contributed by atoms with Crippen LogP contribution in [0.2, 0.25) is 0 Å². The van der Waals surface area contributed by atoms with E-state index in [1.807, 2.05) is 6.07 Å². The molecule has 1 aliphatic carbocycles. The fourth-order valence-electron chi connectivity index (χ4n) is 2.35. The molecular formula is C16H26FN3. The van der Waals surface area contributed by atoms with Crippen LogP contribution in [0.3, 0.4) is 0 Å². The first-order valence-electron chi connectivity index (χ1n) is 7.44. The van der Waals surface area contributed by atoms with E-state index in [9.17, 15) is 4.39 Å². The van der Waals surface area contributed by atoms with E-state index >= 15 is 0 Å². The zero-order valence-corrected chi connectivity index (χ0v) is 12.8. The summed E-state index contributed by atoms with van der Waals surface area (Å²) < 4.78 is 13.5. The van der Waals surface area contributed by atoms with Crippen molar-refractivity contribution in [3.8, 4) is 0 Å². The quantitative estimate of drug-likeness (QED) is 0.788. The fourth-order valence-corrected chi connectivity index (χ4v) is 2.35. The third-order valence-electron chi connectivity index (χ3n) is 3.71. The lowest BCUT2D eigenvalue weighted by Gasteiger charge is -2.23. The SMILES string of the molecule is CN(C)CCCN(C)c1ccc(F)cc1CNC1CC1. The minimum absolute atomic E-state index is 0.150. The lowest BCUT2D eigenvalue weighted by atomic mass is 10.1. The highest BCUT2D eigenvalue weighted by Crippen LogP contribution is 2.24. The maximum absolute atomic E-state index is 13.5. The summed E-state index contributed by atoms with van der Waals surface area (Å²) in [4.78, 5) is 4.42. The van der Waals surface area contributed by atoms with Crippen LogP contribution in [0.5, 0.6) is 0 Å². The van der Waals surface area contributed by atoms with Crippen LogP contribution in [0.4, 0.5) is 10.1 Å². The molecule has 0 amide bonds. The molecule has 0 bridgehead atoms. The first-order chi connectivity index (χ1) is 9.56. The Labute approximate surface area is 121 Å². The van der Waals surface area contributed by atoms with Crippen LogP contribution >= 0.6 is 0 Å². The van der Waals surface area contributed by atoms with E-state index in [2.05, 4.69) is 36.3 Å². The fraction of sp³-hybridized carbons (Fsp3) is 0.625. The Morgan fingerprint density at radius 1 is 1.20 bits per heavy atom. The van der Waals surface area contributed by atoms with Crippen molar-refractivity contribution in [2.45, 2.75) is 31.8 Å². The second-order valence-corrected chi connectivity index (χ2v) is 6.01. The molecule has 2 rings (SSSR count). The van der Waals surface area contributed by atoms with Gasteiger partial charge in [0.15, 0.2) is 0 Å². The molecule has 0 heterocycles. The Bertz CT molecular complexity index is 430. The van der Waals surface area contributed by atoms with Gasteiger partial charge in [-0.05, 0) is 63.7 Å². The standard InChI is InChI=1S/C16H26FN3/c1-19(2)9-4-10-20(3)16-8-5-14(17)11-13(16)12-18-15-6-7-15/h5,8,11,15,18H,4,6-7,9-10,12H2,1-3H3. The molecule has 1 N–H and O–H groups in total. The van der Waals surface area contributed by atoms with Crippen LogP contribution in [0.15, 0.2) is 18.2 Å². The lowest BCUT2D eigenvalue weighted by Crippen LogP contribution is -2.25. The summed E-state index contributed by atoms with van der Waals surface area (Å²) in [5.41, 5.74) is 2.20. The average molecular weight is 279 g/mol. The smallest absolute Gasteiger partial charge is 0.123 e. The molecule has 1 aromatic rings. The Hall–Kier alpha value is -1.13. The summed E-state index contributed by atoms with van der Waals surface area (Å²) in [5.74, 6) is -0.150. The Balaban J connectivity index is 1.96. The van der Waals surface area contributed by atoms with E-state index in [4.69, 9.17) is 0 Å². The molecule has 20 heavy (non-hydrogen) atoms. The molecule has 112 valence electrons. The molecule has 0 aromatic heterocycles. The summed E-state index contributed by atoms with van der Waals surface area (Å²) in [6, 6.07) is 5.76. The van der Waals surface area contributed by atoms with E-state index in [0.29, 0.717) is 6.04 Å². The van der Waals surface area contributed by atoms with Crippen molar-refractivity contribution in [2.24, 2.45) is 0 Å². The zero-order chi connectivity index (χ0) is 14.5. The van der Waals surface area contributed by atoms with Gasteiger partial charge >= 0.3 is 0 Å².